The van der Waals surface area contributed by atoms with Crippen molar-refractivity contribution < 1.29 is 9.90 Å². The van der Waals surface area contributed by atoms with E-state index < -0.39 is 5.60 Å². The fourth-order valence-electron chi connectivity index (χ4n) is 2.79. The topological polar surface area (TPSA) is 49.3 Å². The molecule has 0 spiro atoms. The summed E-state index contributed by atoms with van der Waals surface area (Å²) < 4.78 is 0. The first kappa shape index (κ1) is 15.5. The van der Waals surface area contributed by atoms with E-state index >= 15 is 0 Å². The fraction of sp³-hybridized carbons (Fsp3) is 0.933. The monoisotopic (exact) mass is 255 g/mol. The number of nitrogens with one attached hydrogen (secondary N) is 1. The Bertz CT molecular complexity index is 257. The second-order valence-corrected chi connectivity index (χ2v) is 5.98. The van der Waals surface area contributed by atoms with Crippen LogP contribution < -0.4 is 5.32 Å². The summed E-state index contributed by atoms with van der Waals surface area (Å²) in [4.78, 5) is 11.8. The van der Waals surface area contributed by atoms with Crippen molar-refractivity contribution in [2.75, 3.05) is 6.54 Å². The molecule has 1 rings (SSSR count). The molecule has 0 aliphatic heterocycles. The van der Waals surface area contributed by atoms with Crippen molar-refractivity contribution in [2.24, 2.45) is 11.8 Å². The molecule has 1 amide bonds. The van der Waals surface area contributed by atoms with E-state index in [1.807, 2.05) is 6.92 Å². The third-order valence-electron chi connectivity index (χ3n) is 4.37. The molecule has 1 atom stereocenters. The van der Waals surface area contributed by atoms with Crippen molar-refractivity contribution in [1.82, 2.24) is 5.32 Å². The number of amides is 1. The van der Waals surface area contributed by atoms with E-state index in [1.54, 1.807) is 0 Å². The third kappa shape index (κ3) is 4.60. The zero-order valence-electron chi connectivity index (χ0n) is 12.2. The molecule has 3 heteroatoms. The smallest absolute Gasteiger partial charge is 0.222 e. The lowest BCUT2D eigenvalue weighted by Gasteiger charge is -2.36. The van der Waals surface area contributed by atoms with Gasteiger partial charge in [-0.1, -0.05) is 33.6 Å². The summed E-state index contributed by atoms with van der Waals surface area (Å²) in [6.45, 7) is 6.68. The molecule has 0 aromatic carbocycles. The van der Waals surface area contributed by atoms with Gasteiger partial charge in [-0.3, -0.25) is 4.79 Å². The fourth-order valence-corrected chi connectivity index (χ4v) is 2.79. The predicted octanol–water partition coefficient (Wildman–Crippen LogP) is 2.87. The standard InChI is InChI=1S/C15H29NO2/c1-4-6-12(3)14(17)16-11-15(18)9-7-13(5-2)8-10-15/h12-13,18H,4-11H2,1-3H3,(H,16,17). The van der Waals surface area contributed by atoms with Gasteiger partial charge in [-0.05, 0) is 38.0 Å². The average Bonchev–Trinajstić information content (AvgIpc) is 2.37. The van der Waals surface area contributed by atoms with Crippen LogP contribution in [0.2, 0.25) is 0 Å². The lowest BCUT2D eigenvalue weighted by atomic mass is 9.78. The SMILES string of the molecule is CCCC(C)C(=O)NCC1(O)CCC(CC)CC1. The van der Waals surface area contributed by atoms with Crippen LogP contribution in [0.4, 0.5) is 0 Å². The van der Waals surface area contributed by atoms with Crippen LogP contribution in [0.1, 0.15) is 65.7 Å². The first-order chi connectivity index (χ1) is 8.50. The second-order valence-electron chi connectivity index (χ2n) is 5.98. The van der Waals surface area contributed by atoms with Gasteiger partial charge >= 0.3 is 0 Å². The molecule has 0 heterocycles. The van der Waals surface area contributed by atoms with Gasteiger partial charge in [0.2, 0.25) is 5.91 Å². The van der Waals surface area contributed by atoms with Crippen LogP contribution in [0.5, 0.6) is 0 Å². The van der Waals surface area contributed by atoms with Crippen LogP contribution >= 0.6 is 0 Å². The molecule has 106 valence electrons. The summed E-state index contributed by atoms with van der Waals surface area (Å²) >= 11 is 0. The molecular formula is C15H29NO2. The van der Waals surface area contributed by atoms with E-state index in [0.29, 0.717) is 6.54 Å². The maximum absolute atomic E-state index is 11.8. The van der Waals surface area contributed by atoms with Crippen LogP contribution in [-0.4, -0.2) is 23.2 Å². The van der Waals surface area contributed by atoms with Gasteiger partial charge < -0.3 is 10.4 Å². The largest absolute Gasteiger partial charge is 0.388 e. The first-order valence-corrected chi connectivity index (χ1v) is 7.51. The van der Waals surface area contributed by atoms with Crippen LogP contribution in [0.25, 0.3) is 0 Å². The highest BCUT2D eigenvalue weighted by molar-refractivity contribution is 5.78. The number of hydrogen-bond acceptors (Lipinski definition) is 2. The normalized spacial score (nSPS) is 29.9. The minimum absolute atomic E-state index is 0.0607. The number of carbonyl (C=O) groups is 1. The third-order valence-corrected chi connectivity index (χ3v) is 4.37. The summed E-state index contributed by atoms with van der Waals surface area (Å²) in [6, 6.07) is 0. The molecule has 1 aliphatic carbocycles. The molecule has 0 aromatic heterocycles. The van der Waals surface area contributed by atoms with E-state index in [9.17, 15) is 9.90 Å². The maximum atomic E-state index is 11.8. The molecule has 3 nitrogen and oxygen atoms in total. The Morgan fingerprint density at radius 2 is 2.00 bits per heavy atom. The lowest BCUT2D eigenvalue weighted by Crippen LogP contribution is -2.46. The molecular weight excluding hydrogens is 226 g/mol. The molecule has 2 N–H and O–H groups in total. The predicted molar refractivity (Wildman–Crippen MR) is 74.3 cm³/mol. The van der Waals surface area contributed by atoms with Crippen molar-refractivity contribution in [2.45, 2.75) is 71.3 Å². The van der Waals surface area contributed by atoms with Gasteiger partial charge in [0.05, 0.1) is 5.60 Å². The molecule has 0 bridgehead atoms. The summed E-state index contributed by atoms with van der Waals surface area (Å²) in [7, 11) is 0. The number of aliphatic hydroxyl groups is 1. The van der Waals surface area contributed by atoms with Crippen molar-refractivity contribution in [3.8, 4) is 0 Å². The molecule has 18 heavy (non-hydrogen) atoms. The highest BCUT2D eigenvalue weighted by Crippen LogP contribution is 2.33. The van der Waals surface area contributed by atoms with Crippen LogP contribution in [-0.2, 0) is 4.79 Å². The van der Waals surface area contributed by atoms with Gasteiger partial charge in [0.25, 0.3) is 0 Å². The highest BCUT2D eigenvalue weighted by Gasteiger charge is 2.33. The van der Waals surface area contributed by atoms with Crippen molar-refractivity contribution in [3.05, 3.63) is 0 Å². The summed E-state index contributed by atoms with van der Waals surface area (Å²) in [6.07, 6.45) is 6.98. The Hall–Kier alpha value is -0.570. The Kier molecular flexibility index (Phi) is 6.13. The summed E-state index contributed by atoms with van der Waals surface area (Å²) in [5.74, 6) is 0.911. The van der Waals surface area contributed by atoms with Crippen molar-refractivity contribution in [3.63, 3.8) is 0 Å². The molecule has 0 aromatic rings. The number of hydrogen-bond donors (Lipinski definition) is 2. The summed E-state index contributed by atoms with van der Waals surface area (Å²) in [5, 5.41) is 13.4. The van der Waals surface area contributed by atoms with Gasteiger partial charge in [-0.2, -0.15) is 0 Å². The van der Waals surface area contributed by atoms with Crippen molar-refractivity contribution >= 4 is 5.91 Å². The molecule has 1 fully saturated rings. The van der Waals surface area contributed by atoms with Gasteiger partial charge in [-0.15, -0.1) is 0 Å². The zero-order chi connectivity index (χ0) is 13.6. The first-order valence-electron chi connectivity index (χ1n) is 7.51. The number of carbonyl (C=O) groups excluding carboxylic acids is 1. The van der Waals surface area contributed by atoms with Crippen LogP contribution in [0.15, 0.2) is 0 Å². The maximum Gasteiger partial charge on any atom is 0.222 e. The number of rotatable bonds is 6. The Morgan fingerprint density at radius 3 is 2.50 bits per heavy atom. The van der Waals surface area contributed by atoms with Crippen LogP contribution in [0.3, 0.4) is 0 Å². The minimum atomic E-state index is -0.659. The van der Waals surface area contributed by atoms with Gasteiger partial charge in [0.15, 0.2) is 0 Å². The van der Waals surface area contributed by atoms with E-state index in [4.69, 9.17) is 0 Å². The van der Waals surface area contributed by atoms with E-state index in [0.717, 1.165) is 44.4 Å². The Balaban J connectivity index is 2.32. The lowest BCUT2D eigenvalue weighted by molar-refractivity contribution is -0.126. The van der Waals surface area contributed by atoms with Gasteiger partial charge in [0, 0.05) is 12.5 Å². The average molecular weight is 255 g/mol. The molecule has 1 aliphatic rings. The minimum Gasteiger partial charge on any atom is -0.388 e. The zero-order valence-corrected chi connectivity index (χ0v) is 12.2. The second kappa shape index (κ2) is 7.13. The van der Waals surface area contributed by atoms with Crippen molar-refractivity contribution in [1.29, 1.82) is 0 Å². The molecule has 1 unspecified atom stereocenters. The Labute approximate surface area is 111 Å². The molecule has 1 saturated carbocycles. The Morgan fingerprint density at radius 1 is 1.39 bits per heavy atom. The van der Waals surface area contributed by atoms with E-state index in [-0.39, 0.29) is 11.8 Å². The quantitative estimate of drug-likeness (QED) is 0.766. The van der Waals surface area contributed by atoms with E-state index in [2.05, 4.69) is 19.2 Å². The van der Waals surface area contributed by atoms with Crippen LogP contribution in [0, 0.1) is 11.8 Å². The molecule has 0 radical (unpaired) electrons. The summed E-state index contributed by atoms with van der Waals surface area (Å²) in [5.41, 5.74) is -0.659. The van der Waals surface area contributed by atoms with Gasteiger partial charge in [0.1, 0.15) is 0 Å². The highest BCUT2D eigenvalue weighted by atomic mass is 16.3. The van der Waals surface area contributed by atoms with E-state index in [1.165, 1.54) is 6.42 Å². The molecule has 0 saturated heterocycles. The van der Waals surface area contributed by atoms with Gasteiger partial charge in [-0.25, -0.2) is 0 Å².